The predicted molar refractivity (Wildman–Crippen MR) is 67.8 cm³/mol. The van der Waals surface area contributed by atoms with Gasteiger partial charge in [0.2, 0.25) is 0 Å². The number of benzene rings is 1. The number of hydrogen-bond acceptors (Lipinski definition) is 1. The Morgan fingerprint density at radius 1 is 1.31 bits per heavy atom. The molecule has 0 aliphatic carbocycles. The third-order valence-corrected chi connectivity index (χ3v) is 2.86. The highest BCUT2D eigenvalue weighted by Crippen LogP contribution is 2.20. The molecule has 0 unspecified atom stereocenters. The Labute approximate surface area is 105 Å². The van der Waals surface area contributed by atoms with Gasteiger partial charge in [-0.1, -0.05) is 26.8 Å². The number of rotatable bonds is 4. The van der Waals surface area contributed by atoms with Crippen molar-refractivity contribution in [2.45, 2.75) is 33.8 Å². The molecule has 0 radical (unpaired) electrons. The molecule has 0 amide bonds. The lowest BCUT2D eigenvalue weighted by Gasteiger charge is -2.17. The highest BCUT2D eigenvalue weighted by molar-refractivity contribution is 9.10. The minimum Gasteiger partial charge on any atom is -0.377 e. The molecule has 0 aromatic heterocycles. The summed E-state index contributed by atoms with van der Waals surface area (Å²) >= 11 is 3.16. The van der Waals surface area contributed by atoms with Crippen LogP contribution in [0.25, 0.3) is 0 Å². The fraction of sp³-hybridized carbons (Fsp3) is 0.538. The monoisotopic (exact) mass is 288 g/mol. The molecule has 0 atom stereocenters. The van der Waals surface area contributed by atoms with Crippen molar-refractivity contribution in [3.63, 3.8) is 0 Å². The van der Waals surface area contributed by atoms with Crippen LogP contribution in [0.3, 0.4) is 0 Å². The molecular weight excluding hydrogens is 271 g/mol. The standard InChI is InChI=1S/C13H18BrFO/c1-13(2,3)6-7-16-9-10-4-5-12(15)11(14)8-10/h4-5,8H,6-7,9H2,1-3H3. The SMILES string of the molecule is CC(C)(C)CCOCc1ccc(F)c(Br)c1. The summed E-state index contributed by atoms with van der Waals surface area (Å²) in [6, 6.07) is 4.95. The van der Waals surface area contributed by atoms with E-state index in [1.165, 1.54) is 6.07 Å². The van der Waals surface area contributed by atoms with Crippen LogP contribution in [0, 0.1) is 11.2 Å². The Morgan fingerprint density at radius 3 is 2.56 bits per heavy atom. The van der Waals surface area contributed by atoms with Crippen molar-refractivity contribution in [1.29, 1.82) is 0 Å². The van der Waals surface area contributed by atoms with E-state index in [0.717, 1.165) is 18.6 Å². The molecule has 0 fully saturated rings. The van der Waals surface area contributed by atoms with E-state index < -0.39 is 0 Å². The average Bonchev–Trinajstić information content (AvgIpc) is 2.17. The number of halogens is 2. The van der Waals surface area contributed by atoms with Crippen molar-refractivity contribution < 1.29 is 9.13 Å². The third-order valence-electron chi connectivity index (χ3n) is 2.25. The van der Waals surface area contributed by atoms with Gasteiger partial charge in [-0.25, -0.2) is 4.39 Å². The van der Waals surface area contributed by atoms with E-state index in [2.05, 4.69) is 36.7 Å². The van der Waals surface area contributed by atoms with E-state index in [0.29, 0.717) is 16.5 Å². The minimum absolute atomic E-state index is 0.238. The number of hydrogen-bond donors (Lipinski definition) is 0. The molecule has 0 N–H and O–H groups in total. The average molecular weight is 289 g/mol. The first-order valence-corrected chi connectivity index (χ1v) is 6.19. The molecule has 0 heterocycles. The first-order chi connectivity index (χ1) is 7.38. The largest absolute Gasteiger partial charge is 0.377 e. The summed E-state index contributed by atoms with van der Waals surface area (Å²) in [5.74, 6) is -0.238. The molecule has 90 valence electrons. The smallest absolute Gasteiger partial charge is 0.137 e. The van der Waals surface area contributed by atoms with Gasteiger partial charge in [-0.15, -0.1) is 0 Å². The molecule has 0 aliphatic heterocycles. The Bertz CT molecular complexity index is 344. The molecule has 1 aromatic carbocycles. The first-order valence-electron chi connectivity index (χ1n) is 5.40. The summed E-state index contributed by atoms with van der Waals surface area (Å²) in [6.45, 7) is 7.83. The summed E-state index contributed by atoms with van der Waals surface area (Å²) < 4.78 is 19.0. The zero-order valence-electron chi connectivity index (χ0n) is 10.0. The summed E-state index contributed by atoms with van der Waals surface area (Å²) in [6.07, 6.45) is 1.02. The fourth-order valence-electron chi connectivity index (χ4n) is 1.20. The van der Waals surface area contributed by atoms with Crippen molar-refractivity contribution in [2.75, 3.05) is 6.61 Å². The van der Waals surface area contributed by atoms with Gasteiger partial charge in [-0.3, -0.25) is 0 Å². The normalized spacial score (nSPS) is 11.8. The van der Waals surface area contributed by atoms with Gasteiger partial charge in [0, 0.05) is 6.61 Å². The van der Waals surface area contributed by atoms with Crippen LogP contribution in [0.15, 0.2) is 22.7 Å². The second-order valence-corrected chi connectivity index (χ2v) is 5.97. The van der Waals surface area contributed by atoms with Crippen molar-refractivity contribution in [3.8, 4) is 0 Å². The zero-order chi connectivity index (χ0) is 12.2. The topological polar surface area (TPSA) is 9.23 Å². The van der Waals surface area contributed by atoms with Gasteiger partial charge < -0.3 is 4.74 Å². The van der Waals surface area contributed by atoms with Gasteiger partial charge in [0.05, 0.1) is 11.1 Å². The van der Waals surface area contributed by atoms with Gasteiger partial charge in [0.1, 0.15) is 5.82 Å². The second kappa shape index (κ2) is 5.78. The highest BCUT2D eigenvalue weighted by atomic mass is 79.9. The fourth-order valence-corrected chi connectivity index (χ4v) is 1.62. The molecule has 1 aromatic rings. The maximum absolute atomic E-state index is 13.0. The van der Waals surface area contributed by atoms with E-state index in [9.17, 15) is 4.39 Å². The molecule has 0 bridgehead atoms. The van der Waals surface area contributed by atoms with Crippen LogP contribution in [0.5, 0.6) is 0 Å². The van der Waals surface area contributed by atoms with Crippen LogP contribution in [-0.2, 0) is 11.3 Å². The highest BCUT2D eigenvalue weighted by Gasteiger charge is 2.09. The second-order valence-electron chi connectivity index (χ2n) is 5.11. The van der Waals surface area contributed by atoms with Gasteiger partial charge in [0.15, 0.2) is 0 Å². The summed E-state index contributed by atoms with van der Waals surface area (Å²) in [5, 5.41) is 0. The Kier molecular flexibility index (Phi) is 4.93. The third kappa shape index (κ3) is 5.08. The Hall–Kier alpha value is -0.410. The number of ether oxygens (including phenoxy) is 1. The van der Waals surface area contributed by atoms with Crippen LogP contribution in [0.2, 0.25) is 0 Å². The van der Waals surface area contributed by atoms with Crippen LogP contribution in [-0.4, -0.2) is 6.61 Å². The maximum atomic E-state index is 13.0. The van der Waals surface area contributed by atoms with Gasteiger partial charge in [0.25, 0.3) is 0 Å². The van der Waals surface area contributed by atoms with E-state index in [1.54, 1.807) is 12.1 Å². The lowest BCUT2D eigenvalue weighted by atomic mass is 9.93. The van der Waals surface area contributed by atoms with Crippen LogP contribution in [0.4, 0.5) is 4.39 Å². The van der Waals surface area contributed by atoms with E-state index in [-0.39, 0.29) is 5.82 Å². The van der Waals surface area contributed by atoms with Crippen molar-refractivity contribution in [1.82, 2.24) is 0 Å². The lowest BCUT2D eigenvalue weighted by Crippen LogP contribution is -2.09. The van der Waals surface area contributed by atoms with Gasteiger partial charge >= 0.3 is 0 Å². The van der Waals surface area contributed by atoms with Gasteiger partial charge in [-0.05, 0) is 45.5 Å². The van der Waals surface area contributed by atoms with E-state index >= 15 is 0 Å². The summed E-state index contributed by atoms with van der Waals surface area (Å²) in [7, 11) is 0. The predicted octanol–water partition coefficient (Wildman–Crippen LogP) is 4.54. The lowest BCUT2D eigenvalue weighted by molar-refractivity contribution is 0.0961. The van der Waals surface area contributed by atoms with Crippen LogP contribution >= 0.6 is 15.9 Å². The maximum Gasteiger partial charge on any atom is 0.137 e. The molecule has 0 aliphatic rings. The molecule has 3 heteroatoms. The quantitative estimate of drug-likeness (QED) is 0.739. The molecule has 0 saturated heterocycles. The van der Waals surface area contributed by atoms with Crippen molar-refractivity contribution in [2.24, 2.45) is 5.41 Å². The van der Waals surface area contributed by atoms with Crippen molar-refractivity contribution >= 4 is 15.9 Å². The molecule has 1 nitrogen and oxygen atoms in total. The molecular formula is C13H18BrFO. The molecule has 0 saturated carbocycles. The van der Waals surface area contributed by atoms with Crippen molar-refractivity contribution in [3.05, 3.63) is 34.1 Å². The Balaban J connectivity index is 2.35. The van der Waals surface area contributed by atoms with Crippen LogP contribution in [0.1, 0.15) is 32.8 Å². The molecule has 1 rings (SSSR count). The minimum atomic E-state index is -0.238. The first kappa shape index (κ1) is 13.7. The summed E-state index contributed by atoms with van der Waals surface area (Å²) in [5.41, 5.74) is 1.28. The Morgan fingerprint density at radius 2 is 2.00 bits per heavy atom. The van der Waals surface area contributed by atoms with Gasteiger partial charge in [-0.2, -0.15) is 0 Å². The van der Waals surface area contributed by atoms with E-state index in [4.69, 9.17) is 4.74 Å². The van der Waals surface area contributed by atoms with Crippen LogP contribution < -0.4 is 0 Å². The summed E-state index contributed by atoms with van der Waals surface area (Å²) in [4.78, 5) is 0. The zero-order valence-corrected chi connectivity index (χ0v) is 11.6. The molecule has 16 heavy (non-hydrogen) atoms. The molecule has 0 spiro atoms. The van der Waals surface area contributed by atoms with E-state index in [1.807, 2.05) is 0 Å².